The fourth-order valence-corrected chi connectivity index (χ4v) is 1.15. The third-order valence-corrected chi connectivity index (χ3v) is 1.90. The Morgan fingerprint density at radius 1 is 1.13 bits per heavy atom. The van der Waals surface area contributed by atoms with Crippen molar-refractivity contribution in [3.05, 3.63) is 35.9 Å². The quantitative estimate of drug-likeness (QED) is 0.823. The minimum absolute atomic E-state index is 0.844. The molecule has 0 aliphatic heterocycles. The van der Waals surface area contributed by atoms with Gasteiger partial charge in [-0.25, -0.2) is 0 Å². The Morgan fingerprint density at radius 2 is 1.73 bits per heavy atom. The zero-order chi connectivity index (χ0) is 11.5. The second kappa shape index (κ2) is 9.69. The topological polar surface area (TPSA) is 29.3 Å². The van der Waals surface area contributed by atoms with Crippen LogP contribution in [0.15, 0.2) is 30.3 Å². The predicted molar refractivity (Wildman–Crippen MR) is 67.8 cm³/mol. The highest BCUT2D eigenvalue weighted by molar-refractivity contribution is 5.14. The van der Waals surface area contributed by atoms with Gasteiger partial charge < -0.3 is 10.6 Å². The Bertz CT molecular complexity index is 217. The van der Waals surface area contributed by atoms with Gasteiger partial charge in [0.25, 0.3) is 0 Å². The molecule has 0 bridgehead atoms. The fraction of sp³-hybridized carbons (Fsp3) is 0.538. The van der Waals surface area contributed by atoms with Gasteiger partial charge in [0.2, 0.25) is 0 Å². The highest BCUT2D eigenvalue weighted by Gasteiger charge is 1.90. The van der Waals surface area contributed by atoms with Crippen molar-refractivity contribution in [3.63, 3.8) is 0 Å². The largest absolute Gasteiger partial charge is 0.330 e. The summed E-state index contributed by atoms with van der Waals surface area (Å²) in [6.45, 7) is 4.00. The summed E-state index contributed by atoms with van der Waals surface area (Å²) >= 11 is 0. The molecule has 2 heteroatoms. The van der Waals surface area contributed by atoms with Gasteiger partial charge in [-0.1, -0.05) is 43.7 Å². The summed E-state index contributed by atoms with van der Waals surface area (Å²) in [5, 5.41) is 0. The number of unbranched alkanes of at least 4 members (excludes halogenated alkanes) is 1. The van der Waals surface area contributed by atoms with Crippen LogP contribution in [0.1, 0.15) is 25.3 Å². The first-order chi connectivity index (χ1) is 7.20. The van der Waals surface area contributed by atoms with Crippen LogP contribution in [0.2, 0.25) is 0 Å². The van der Waals surface area contributed by atoms with Gasteiger partial charge >= 0.3 is 0 Å². The van der Waals surface area contributed by atoms with E-state index < -0.39 is 0 Å². The minimum atomic E-state index is 0.844. The van der Waals surface area contributed by atoms with E-state index in [2.05, 4.69) is 50.2 Å². The van der Waals surface area contributed by atoms with Crippen LogP contribution >= 0.6 is 0 Å². The summed E-state index contributed by atoms with van der Waals surface area (Å²) in [6.07, 6.45) is 2.39. The van der Waals surface area contributed by atoms with Gasteiger partial charge in [-0.3, -0.25) is 0 Å². The van der Waals surface area contributed by atoms with Crippen LogP contribution in [0.5, 0.6) is 0 Å². The van der Waals surface area contributed by atoms with Gasteiger partial charge in [0, 0.05) is 6.54 Å². The molecule has 86 valence electrons. The lowest BCUT2D eigenvalue weighted by Crippen LogP contribution is -2.10. The number of hydrogen-bond acceptors (Lipinski definition) is 2. The van der Waals surface area contributed by atoms with E-state index in [0.29, 0.717) is 0 Å². The molecule has 0 saturated carbocycles. The highest BCUT2D eigenvalue weighted by Crippen LogP contribution is 1.99. The maximum Gasteiger partial charge on any atom is 0.0227 e. The molecular weight excluding hydrogens is 184 g/mol. The monoisotopic (exact) mass is 208 g/mol. The van der Waals surface area contributed by atoms with Gasteiger partial charge in [-0.2, -0.15) is 0 Å². The van der Waals surface area contributed by atoms with Crippen LogP contribution in [-0.2, 0) is 6.54 Å². The molecule has 15 heavy (non-hydrogen) atoms. The van der Waals surface area contributed by atoms with Gasteiger partial charge in [-0.05, 0) is 32.6 Å². The van der Waals surface area contributed by atoms with Crippen LogP contribution in [0.3, 0.4) is 0 Å². The molecule has 0 aliphatic rings. The molecule has 0 aliphatic carbocycles. The first-order valence-corrected chi connectivity index (χ1v) is 5.59. The van der Waals surface area contributed by atoms with Crippen molar-refractivity contribution < 1.29 is 0 Å². The zero-order valence-corrected chi connectivity index (χ0v) is 10.2. The van der Waals surface area contributed by atoms with Crippen LogP contribution < -0.4 is 5.73 Å². The maximum absolute atomic E-state index is 5.14. The van der Waals surface area contributed by atoms with Crippen molar-refractivity contribution >= 4 is 0 Å². The van der Waals surface area contributed by atoms with E-state index >= 15 is 0 Å². The molecule has 1 aromatic rings. The fourth-order valence-electron chi connectivity index (χ4n) is 1.15. The van der Waals surface area contributed by atoms with Crippen molar-refractivity contribution in [3.8, 4) is 0 Å². The number of nitrogens with two attached hydrogens (primary N) is 1. The van der Waals surface area contributed by atoms with E-state index in [9.17, 15) is 0 Å². The average molecular weight is 208 g/mol. The third kappa shape index (κ3) is 9.44. The Balaban J connectivity index is 0.000000336. The molecule has 0 heterocycles. The van der Waals surface area contributed by atoms with Crippen LogP contribution in [0.25, 0.3) is 0 Å². The molecule has 1 rings (SSSR count). The molecule has 1 aromatic carbocycles. The molecule has 0 radical (unpaired) electrons. The lowest BCUT2D eigenvalue weighted by Gasteiger charge is -2.08. The van der Waals surface area contributed by atoms with Crippen LogP contribution in [0, 0.1) is 0 Å². The number of benzene rings is 1. The van der Waals surface area contributed by atoms with E-state index in [-0.39, 0.29) is 0 Å². The van der Waals surface area contributed by atoms with E-state index in [1.807, 2.05) is 6.07 Å². The summed E-state index contributed by atoms with van der Waals surface area (Å²) in [4.78, 5) is 2.16. The summed E-state index contributed by atoms with van der Waals surface area (Å²) in [5.74, 6) is 0. The molecule has 0 atom stereocenters. The lowest BCUT2D eigenvalue weighted by molar-refractivity contribution is 0.402. The SMILES string of the molecule is CCCCN.CN(C)Cc1ccccc1. The summed E-state index contributed by atoms with van der Waals surface area (Å²) in [7, 11) is 4.15. The van der Waals surface area contributed by atoms with E-state index in [0.717, 1.165) is 13.1 Å². The van der Waals surface area contributed by atoms with E-state index in [1.165, 1.54) is 18.4 Å². The molecule has 2 nitrogen and oxygen atoms in total. The molecular formula is C13H24N2. The number of hydrogen-bond donors (Lipinski definition) is 1. The highest BCUT2D eigenvalue weighted by atomic mass is 15.0. The maximum atomic E-state index is 5.14. The second-order valence-corrected chi connectivity index (χ2v) is 3.87. The summed E-state index contributed by atoms with van der Waals surface area (Å²) < 4.78 is 0. The molecule has 0 amide bonds. The number of nitrogens with zero attached hydrogens (tertiary/aromatic N) is 1. The third-order valence-electron chi connectivity index (χ3n) is 1.90. The van der Waals surface area contributed by atoms with Crippen molar-refractivity contribution in [2.75, 3.05) is 20.6 Å². The molecule has 0 spiro atoms. The van der Waals surface area contributed by atoms with Gasteiger partial charge in [-0.15, -0.1) is 0 Å². The molecule has 0 fully saturated rings. The molecule has 2 N–H and O–H groups in total. The van der Waals surface area contributed by atoms with Crippen LogP contribution in [0.4, 0.5) is 0 Å². The second-order valence-electron chi connectivity index (χ2n) is 3.87. The van der Waals surface area contributed by atoms with E-state index in [1.54, 1.807) is 0 Å². The average Bonchev–Trinajstić information content (AvgIpc) is 2.20. The molecule has 0 unspecified atom stereocenters. The normalized spacial score (nSPS) is 9.67. The van der Waals surface area contributed by atoms with Gasteiger partial charge in [0.1, 0.15) is 0 Å². The predicted octanol–water partition coefficient (Wildman–Crippen LogP) is 2.49. The van der Waals surface area contributed by atoms with E-state index in [4.69, 9.17) is 5.73 Å². The van der Waals surface area contributed by atoms with Gasteiger partial charge in [0.05, 0.1) is 0 Å². The van der Waals surface area contributed by atoms with Crippen LogP contribution in [-0.4, -0.2) is 25.5 Å². The smallest absolute Gasteiger partial charge is 0.0227 e. The van der Waals surface area contributed by atoms with Crippen molar-refractivity contribution in [1.29, 1.82) is 0 Å². The van der Waals surface area contributed by atoms with Crippen molar-refractivity contribution in [2.45, 2.75) is 26.3 Å². The minimum Gasteiger partial charge on any atom is -0.330 e. The zero-order valence-electron chi connectivity index (χ0n) is 10.2. The first kappa shape index (κ1) is 14.1. The number of rotatable bonds is 4. The molecule has 0 saturated heterocycles. The first-order valence-electron chi connectivity index (χ1n) is 5.59. The summed E-state index contributed by atoms with van der Waals surface area (Å²) in [5.41, 5.74) is 6.51. The Labute approximate surface area is 94.1 Å². The van der Waals surface area contributed by atoms with Crippen molar-refractivity contribution in [1.82, 2.24) is 4.90 Å². The Hall–Kier alpha value is -0.860. The summed E-state index contributed by atoms with van der Waals surface area (Å²) in [6, 6.07) is 10.5. The Morgan fingerprint density at radius 3 is 2.07 bits per heavy atom. The molecule has 0 aromatic heterocycles. The van der Waals surface area contributed by atoms with Crippen molar-refractivity contribution in [2.24, 2.45) is 5.73 Å². The van der Waals surface area contributed by atoms with Gasteiger partial charge in [0.15, 0.2) is 0 Å². The standard InChI is InChI=1S/C9H13N.C4H11N/c1-10(2)8-9-6-4-3-5-7-9;1-2-3-4-5/h3-7H,8H2,1-2H3;2-5H2,1H3. The lowest BCUT2D eigenvalue weighted by atomic mass is 10.2. The Kier molecular flexibility index (Phi) is 9.13.